The van der Waals surface area contributed by atoms with Crippen LogP contribution in [0.25, 0.3) is 10.9 Å². The number of aromatic nitrogens is 5. The topological polar surface area (TPSA) is 115 Å². The van der Waals surface area contributed by atoms with Crippen molar-refractivity contribution in [1.29, 1.82) is 0 Å². The number of carbonyl (C=O) groups is 1. The van der Waals surface area contributed by atoms with E-state index in [4.69, 9.17) is 9.47 Å². The summed E-state index contributed by atoms with van der Waals surface area (Å²) in [5, 5.41) is 13.5. The summed E-state index contributed by atoms with van der Waals surface area (Å²) in [6, 6.07) is 17.0. The van der Waals surface area contributed by atoms with E-state index in [9.17, 15) is 9.59 Å². The predicted molar refractivity (Wildman–Crippen MR) is 142 cm³/mol. The standard InChI is InChI=1S/C28H32N6O4/c1-3-37-22-10-11-24-21(16-22)17-23(27(35)29-24)25(33-14-12-20(13-15-33)28(36)38-4-2)26-30-31-32-34(26)18-19-8-6-5-7-9-19/h5-11,16-17,20,25H,3-4,12-15,18H2,1-2H3,(H,29,35). The number of pyridine rings is 1. The summed E-state index contributed by atoms with van der Waals surface area (Å²) in [6.07, 6.45) is 1.27. The monoisotopic (exact) mass is 516 g/mol. The van der Waals surface area contributed by atoms with Gasteiger partial charge in [-0.1, -0.05) is 30.3 Å². The van der Waals surface area contributed by atoms with E-state index in [-0.39, 0.29) is 17.4 Å². The Morgan fingerprint density at radius 1 is 1.08 bits per heavy atom. The summed E-state index contributed by atoms with van der Waals surface area (Å²) in [7, 11) is 0. The maximum Gasteiger partial charge on any atom is 0.309 e. The Kier molecular flexibility index (Phi) is 7.78. The van der Waals surface area contributed by atoms with Crippen LogP contribution >= 0.6 is 0 Å². The lowest BCUT2D eigenvalue weighted by Crippen LogP contribution is -2.42. The molecule has 0 spiro atoms. The minimum Gasteiger partial charge on any atom is -0.494 e. The maximum absolute atomic E-state index is 13.5. The molecule has 1 aliphatic heterocycles. The second-order valence-corrected chi connectivity index (χ2v) is 9.38. The lowest BCUT2D eigenvalue weighted by molar-refractivity contribution is -0.149. The number of esters is 1. The van der Waals surface area contributed by atoms with Gasteiger partial charge >= 0.3 is 5.97 Å². The molecule has 1 unspecified atom stereocenters. The molecular formula is C28H32N6O4. The number of tetrazole rings is 1. The Morgan fingerprint density at radius 2 is 1.87 bits per heavy atom. The zero-order valence-electron chi connectivity index (χ0n) is 21.7. The van der Waals surface area contributed by atoms with Gasteiger partial charge in [0.15, 0.2) is 5.82 Å². The van der Waals surface area contributed by atoms with E-state index in [1.807, 2.05) is 68.4 Å². The predicted octanol–water partition coefficient (Wildman–Crippen LogP) is 3.33. The minimum atomic E-state index is -0.499. The molecule has 10 nitrogen and oxygen atoms in total. The highest BCUT2D eigenvalue weighted by molar-refractivity contribution is 5.80. The van der Waals surface area contributed by atoms with Crippen molar-refractivity contribution in [2.75, 3.05) is 26.3 Å². The summed E-state index contributed by atoms with van der Waals surface area (Å²) in [6.45, 7) is 6.34. The number of hydrogen-bond donors (Lipinski definition) is 1. The Bertz CT molecular complexity index is 1440. The molecule has 1 atom stereocenters. The van der Waals surface area contributed by atoms with Gasteiger partial charge in [0.2, 0.25) is 0 Å². The first-order valence-electron chi connectivity index (χ1n) is 13.1. The number of hydrogen-bond acceptors (Lipinski definition) is 8. The number of H-pyrrole nitrogens is 1. The smallest absolute Gasteiger partial charge is 0.309 e. The fourth-order valence-electron chi connectivity index (χ4n) is 5.09. The van der Waals surface area contributed by atoms with Gasteiger partial charge in [0.1, 0.15) is 11.8 Å². The average molecular weight is 517 g/mol. The first kappa shape index (κ1) is 25.6. The van der Waals surface area contributed by atoms with Gasteiger partial charge in [0.05, 0.1) is 25.7 Å². The minimum absolute atomic E-state index is 0.157. The number of ether oxygens (including phenoxy) is 2. The molecule has 2 aromatic carbocycles. The zero-order chi connectivity index (χ0) is 26.5. The van der Waals surface area contributed by atoms with Gasteiger partial charge in [0.25, 0.3) is 5.56 Å². The molecule has 1 aliphatic rings. The normalized spacial score (nSPS) is 15.4. The average Bonchev–Trinajstić information content (AvgIpc) is 3.38. The van der Waals surface area contributed by atoms with Crippen molar-refractivity contribution in [2.24, 2.45) is 5.92 Å². The molecule has 2 aromatic heterocycles. The van der Waals surface area contributed by atoms with Crippen LogP contribution in [0.5, 0.6) is 5.75 Å². The third-order valence-electron chi connectivity index (χ3n) is 6.94. The van der Waals surface area contributed by atoms with Crippen molar-refractivity contribution in [3.63, 3.8) is 0 Å². The van der Waals surface area contributed by atoms with Crippen LogP contribution in [0.2, 0.25) is 0 Å². The van der Waals surface area contributed by atoms with Gasteiger partial charge in [-0.15, -0.1) is 5.10 Å². The van der Waals surface area contributed by atoms with E-state index in [0.717, 1.165) is 22.2 Å². The van der Waals surface area contributed by atoms with Crippen molar-refractivity contribution in [1.82, 2.24) is 30.1 Å². The maximum atomic E-state index is 13.5. The summed E-state index contributed by atoms with van der Waals surface area (Å²) in [4.78, 5) is 31.1. The molecule has 0 saturated carbocycles. The van der Waals surface area contributed by atoms with Crippen molar-refractivity contribution < 1.29 is 14.3 Å². The Hall–Kier alpha value is -4.05. The number of nitrogens with zero attached hydrogens (tertiary/aromatic N) is 5. The number of piperidine rings is 1. The van der Waals surface area contributed by atoms with Crippen LogP contribution in [0.3, 0.4) is 0 Å². The molecule has 38 heavy (non-hydrogen) atoms. The van der Waals surface area contributed by atoms with Crippen molar-refractivity contribution in [3.05, 3.63) is 81.9 Å². The summed E-state index contributed by atoms with van der Waals surface area (Å²) < 4.78 is 12.7. The second-order valence-electron chi connectivity index (χ2n) is 9.38. The molecule has 1 N–H and O–H groups in total. The number of nitrogens with one attached hydrogen (secondary N) is 1. The van der Waals surface area contributed by atoms with Gasteiger partial charge in [-0.3, -0.25) is 14.5 Å². The molecule has 0 bridgehead atoms. The number of fused-ring (bicyclic) bond motifs is 1. The van der Waals surface area contributed by atoms with Crippen LogP contribution in [0.15, 0.2) is 59.4 Å². The highest BCUT2D eigenvalue weighted by Gasteiger charge is 2.35. The Labute approximate surface area is 220 Å². The van der Waals surface area contributed by atoms with Crippen LogP contribution in [0.4, 0.5) is 0 Å². The molecule has 1 saturated heterocycles. The first-order chi connectivity index (χ1) is 18.6. The van der Waals surface area contributed by atoms with Crippen molar-refractivity contribution in [3.8, 4) is 5.75 Å². The summed E-state index contributed by atoms with van der Waals surface area (Å²) >= 11 is 0. The quantitative estimate of drug-likeness (QED) is 0.337. The van der Waals surface area contributed by atoms with Gasteiger partial charge in [-0.25, -0.2) is 4.68 Å². The molecule has 1 fully saturated rings. The van der Waals surface area contributed by atoms with Gasteiger partial charge in [-0.05, 0) is 66.9 Å². The van der Waals surface area contributed by atoms with Crippen LogP contribution in [-0.4, -0.2) is 62.4 Å². The molecule has 10 heteroatoms. The first-order valence-corrected chi connectivity index (χ1v) is 13.1. The van der Waals surface area contributed by atoms with Crippen LogP contribution in [0, 0.1) is 5.92 Å². The summed E-state index contributed by atoms with van der Waals surface area (Å²) in [5.74, 6) is 0.994. The zero-order valence-corrected chi connectivity index (χ0v) is 21.7. The lowest BCUT2D eigenvalue weighted by Gasteiger charge is -2.36. The molecule has 0 radical (unpaired) electrons. The van der Waals surface area contributed by atoms with Crippen molar-refractivity contribution >= 4 is 16.9 Å². The number of likely N-dealkylation sites (tertiary alicyclic amines) is 1. The van der Waals surface area contributed by atoms with E-state index in [0.29, 0.717) is 57.1 Å². The van der Waals surface area contributed by atoms with E-state index < -0.39 is 6.04 Å². The van der Waals surface area contributed by atoms with Crippen molar-refractivity contribution in [2.45, 2.75) is 39.3 Å². The third-order valence-corrected chi connectivity index (χ3v) is 6.94. The second kappa shape index (κ2) is 11.6. The van der Waals surface area contributed by atoms with E-state index in [1.165, 1.54) is 0 Å². The highest BCUT2D eigenvalue weighted by Crippen LogP contribution is 2.32. The third kappa shape index (κ3) is 5.45. The number of aromatic amines is 1. The molecular weight excluding hydrogens is 484 g/mol. The molecule has 0 amide bonds. The van der Waals surface area contributed by atoms with Gasteiger partial charge in [-0.2, -0.15) is 0 Å². The Balaban J connectivity index is 1.55. The fraction of sp³-hybridized carbons (Fsp3) is 0.393. The molecule has 5 rings (SSSR count). The van der Waals surface area contributed by atoms with E-state index in [1.54, 1.807) is 4.68 Å². The van der Waals surface area contributed by atoms with Crippen LogP contribution < -0.4 is 10.3 Å². The summed E-state index contributed by atoms with van der Waals surface area (Å²) in [5.41, 5.74) is 2.12. The number of rotatable bonds is 9. The number of benzene rings is 2. The van der Waals surface area contributed by atoms with Gasteiger partial charge < -0.3 is 14.5 Å². The van der Waals surface area contributed by atoms with Crippen LogP contribution in [0.1, 0.15) is 49.7 Å². The molecule has 0 aliphatic carbocycles. The van der Waals surface area contributed by atoms with E-state index >= 15 is 0 Å². The van der Waals surface area contributed by atoms with Crippen LogP contribution in [-0.2, 0) is 16.1 Å². The van der Waals surface area contributed by atoms with E-state index in [2.05, 4.69) is 25.4 Å². The van der Waals surface area contributed by atoms with Gasteiger partial charge in [0, 0.05) is 29.6 Å². The fourth-order valence-corrected chi connectivity index (χ4v) is 5.09. The largest absolute Gasteiger partial charge is 0.494 e. The molecule has 198 valence electrons. The molecule has 4 aromatic rings. The Morgan fingerprint density at radius 3 is 2.61 bits per heavy atom. The SMILES string of the molecule is CCOC(=O)C1CCN(C(c2cc3cc(OCC)ccc3[nH]c2=O)c2nnnn2Cc2ccccc2)CC1. The molecule has 3 heterocycles. The highest BCUT2D eigenvalue weighted by atomic mass is 16.5. The number of carbonyl (C=O) groups excluding carboxylic acids is 1. The lowest BCUT2D eigenvalue weighted by atomic mass is 9.94.